The molecule has 31 heavy (non-hydrogen) atoms. The van der Waals surface area contributed by atoms with Crippen molar-refractivity contribution in [2.75, 3.05) is 5.32 Å². The maximum absolute atomic E-state index is 13.6. The van der Waals surface area contributed by atoms with Crippen LogP contribution in [0.1, 0.15) is 32.1 Å². The van der Waals surface area contributed by atoms with Gasteiger partial charge in [0.05, 0.1) is 11.8 Å². The fourth-order valence-electron chi connectivity index (χ4n) is 5.00. The first kappa shape index (κ1) is 18.7. The van der Waals surface area contributed by atoms with E-state index in [1.807, 2.05) is 6.07 Å². The molecule has 2 bridgehead atoms. The van der Waals surface area contributed by atoms with Crippen LogP contribution in [0.3, 0.4) is 0 Å². The van der Waals surface area contributed by atoms with Gasteiger partial charge < -0.3 is 14.7 Å². The maximum atomic E-state index is 13.6. The number of fused-ring (bicyclic) bond motifs is 4. The smallest absolute Gasteiger partial charge is 0.278 e. The molecule has 0 aromatic carbocycles. The first-order chi connectivity index (χ1) is 15.1. The van der Waals surface area contributed by atoms with Crippen LogP contribution in [0.25, 0.3) is 34.0 Å². The highest BCUT2D eigenvalue weighted by atomic mass is 35.5. The number of hydrogen-bond acceptors (Lipinski definition) is 6. The van der Waals surface area contributed by atoms with E-state index in [0.717, 1.165) is 12.3 Å². The third kappa shape index (κ3) is 3.44. The minimum atomic E-state index is -0.654. The Morgan fingerprint density at radius 2 is 2.00 bits per heavy atom. The Morgan fingerprint density at radius 1 is 1.13 bits per heavy atom. The topological polar surface area (TPSA) is 92.5 Å². The van der Waals surface area contributed by atoms with Crippen molar-refractivity contribution in [3.05, 3.63) is 41.8 Å². The van der Waals surface area contributed by atoms with E-state index in [9.17, 15) is 4.39 Å². The quantitative estimate of drug-likeness (QED) is 0.439. The lowest BCUT2D eigenvalue weighted by atomic mass is 9.68. The number of hydrogen-bond donors (Lipinski definition) is 2. The Morgan fingerprint density at radius 3 is 2.74 bits per heavy atom. The molecule has 7 nitrogen and oxygen atoms in total. The standard InChI is InChI=1S/C22H20ClFN6O/c23-17-10-26-22-20(29-17)13(9-25-22)21-28-15(16-5-6-18(24)31-16)8-19(30-21)27-14-7-11-1-3-12(14)4-2-11/h5-6,8-12,14H,1-4,7H2,(H,25,26)(H,27,28,30)/t11?,12?,14-/m1/s1. The molecule has 0 amide bonds. The zero-order valence-electron chi connectivity index (χ0n) is 16.6. The summed E-state index contributed by atoms with van der Waals surface area (Å²) in [6, 6.07) is 4.39. The second-order valence-corrected chi connectivity index (χ2v) is 8.81. The van der Waals surface area contributed by atoms with Crippen molar-refractivity contribution >= 4 is 28.6 Å². The molecule has 2 N–H and O–H groups in total. The Kier molecular flexibility index (Phi) is 4.41. The van der Waals surface area contributed by atoms with Gasteiger partial charge in [-0.15, -0.1) is 0 Å². The van der Waals surface area contributed by atoms with Gasteiger partial charge in [0.1, 0.15) is 22.2 Å². The van der Waals surface area contributed by atoms with Crippen molar-refractivity contribution in [3.8, 4) is 22.8 Å². The van der Waals surface area contributed by atoms with Gasteiger partial charge in [-0.1, -0.05) is 24.4 Å². The van der Waals surface area contributed by atoms with Gasteiger partial charge in [0.25, 0.3) is 6.01 Å². The van der Waals surface area contributed by atoms with E-state index in [0.29, 0.717) is 51.8 Å². The highest BCUT2D eigenvalue weighted by Crippen LogP contribution is 2.42. The van der Waals surface area contributed by atoms with Crippen LogP contribution < -0.4 is 5.32 Å². The molecule has 0 aliphatic heterocycles. The van der Waals surface area contributed by atoms with Crippen molar-refractivity contribution in [1.82, 2.24) is 24.9 Å². The van der Waals surface area contributed by atoms with E-state index in [-0.39, 0.29) is 5.15 Å². The molecule has 0 unspecified atom stereocenters. The number of furan rings is 1. The predicted molar refractivity (Wildman–Crippen MR) is 115 cm³/mol. The van der Waals surface area contributed by atoms with Crippen LogP contribution in [0.4, 0.5) is 10.2 Å². The van der Waals surface area contributed by atoms with Gasteiger partial charge in [0.2, 0.25) is 0 Å². The largest absolute Gasteiger partial charge is 0.429 e. The van der Waals surface area contributed by atoms with Gasteiger partial charge in [0, 0.05) is 24.4 Å². The Bertz CT molecular complexity index is 1260. The highest BCUT2D eigenvalue weighted by molar-refractivity contribution is 6.29. The zero-order chi connectivity index (χ0) is 20.9. The summed E-state index contributed by atoms with van der Waals surface area (Å²) in [7, 11) is 0. The number of aromatic nitrogens is 5. The monoisotopic (exact) mass is 438 g/mol. The number of aromatic amines is 1. The minimum absolute atomic E-state index is 0.286. The van der Waals surface area contributed by atoms with E-state index in [2.05, 4.69) is 25.3 Å². The summed E-state index contributed by atoms with van der Waals surface area (Å²) in [5.41, 5.74) is 2.35. The summed E-state index contributed by atoms with van der Waals surface area (Å²) in [5.74, 6) is 2.93. The summed E-state index contributed by atoms with van der Waals surface area (Å²) in [6.07, 6.45) is 9.56. The summed E-state index contributed by atoms with van der Waals surface area (Å²) in [4.78, 5) is 21.1. The number of H-pyrrole nitrogens is 1. The molecule has 0 saturated heterocycles. The molecule has 3 saturated carbocycles. The number of rotatable bonds is 4. The fraction of sp³-hybridized carbons (Fsp3) is 0.364. The molecular formula is C22H20ClFN6O. The van der Waals surface area contributed by atoms with Gasteiger partial charge in [-0.25, -0.2) is 19.9 Å². The van der Waals surface area contributed by atoms with Crippen molar-refractivity contribution in [2.24, 2.45) is 11.8 Å². The van der Waals surface area contributed by atoms with Crippen LogP contribution in [-0.4, -0.2) is 31.0 Å². The normalized spacial score (nSPS) is 22.8. The third-order valence-electron chi connectivity index (χ3n) is 6.53. The van der Waals surface area contributed by atoms with Crippen LogP contribution in [0.2, 0.25) is 5.15 Å². The first-order valence-corrected chi connectivity index (χ1v) is 10.9. The van der Waals surface area contributed by atoms with Crippen LogP contribution in [0.15, 0.2) is 35.0 Å². The summed E-state index contributed by atoms with van der Waals surface area (Å²) in [6.45, 7) is 0. The Hall–Kier alpha value is -3.00. The van der Waals surface area contributed by atoms with Crippen LogP contribution in [0, 0.1) is 17.8 Å². The maximum Gasteiger partial charge on any atom is 0.278 e. The van der Waals surface area contributed by atoms with Gasteiger partial charge >= 0.3 is 0 Å². The molecule has 4 aromatic rings. The number of nitrogens with zero attached hydrogens (tertiary/aromatic N) is 4. The Balaban J connectivity index is 1.44. The van der Waals surface area contributed by atoms with Crippen molar-refractivity contribution in [1.29, 1.82) is 0 Å². The molecule has 0 spiro atoms. The average molecular weight is 439 g/mol. The zero-order valence-corrected chi connectivity index (χ0v) is 17.4. The lowest BCUT2D eigenvalue weighted by Crippen LogP contribution is -2.40. The second-order valence-electron chi connectivity index (χ2n) is 8.43. The molecule has 3 aliphatic carbocycles. The van der Waals surface area contributed by atoms with Crippen LogP contribution in [0.5, 0.6) is 0 Å². The van der Waals surface area contributed by atoms with E-state index in [1.165, 1.54) is 37.9 Å². The molecular weight excluding hydrogens is 419 g/mol. The molecule has 9 heteroatoms. The summed E-state index contributed by atoms with van der Waals surface area (Å²) >= 11 is 6.06. The molecule has 3 aliphatic rings. The molecule has 158 valence electrons. The number of nitrogens with one attached hydrogen (secondary N) is 2. The van der Waals surface area contributed by atoms with E-state index >= 15 is 0 Å². The number of halogens is 2. The third-order valence-corrected chi connectivity index (χ3v) is 6.71. The second kappa shape index (κ2) is 7.30. The van der Waals surface area contributed by atoms with E-state index in [1.54, 1.807) is 12.3 Å². The molecule has 7 rings (SSSR count). The average Bonchev–Trinajstić information content (AvgIpc) is 3.40. The SMILES string of the molecule is Fc1ccc(-c2cc(N[C@@H]3CC4CCC3CC4)nc(-c3c[nH]c4ncc(Cl)nc34)n2)o1. The van der Waals surface area contributed by atoms with Gasteiger partial charge in [-0.05, 0) is 37.2 Å². The first-order valence-electron chi connectivity index (χ1n) is 10.5. The van der Waals surface area contributed by atoms with Crippen molar-refractivity contribution < 1.29 is 8.81 Å². The van der Waals surface area contributed by atoms with Crippen LogP contribution >= 0.6 is 11.6 Å². The highest BCUT2D eigenvalue weighted by Gasteiger charge is 2.35. The summed E-state index contributed by atoms with van der Waals surface area (Å²) in [5, 5.41) is 3.92. The molecule has 0 radical (unpaired) electrons. The minimum Gasteiger partial charge on any atom is -0.429 e. The number of anilines is 1. The fourth-order valence-corrected chi connectivity index (χ4v) is 5.14. The summed E-state index contributed by atoms with van der Waals surface area (Å²) < 4.78 is 18.8. The van der Waals surface area contributed by atoms with Gasteiger partial charge in [-0.3, -0.25) is 0 Å². The molecule has 4 heterocycles. The van der Waals surface area contributed by atoms with E-state index < -0.39 is 6.01 Å². The van der Waals surface area contributed by atoms with Crippen molar-refractivity contribution in [3.63, 3.8) is 0 Å². The Labute approximate surface area is 182 Å². The van der Waals surface area contributed by atoms with Crippen molar-refractivity contribution in [2.45, 2.75) is 38.1 Å². The predicted octanol–water partition coefficient (Wildman–Crippen LogP) is 5.46. The molecule has 4 aromatic heterocycles. The van der Waals surface area contributed by atoms with E-state index in [4.69, 9.17) is 21.0 Å². The lowest BCUT2D eigenvalue weighted by Gasteiger charge is -2.42. The molecule has 1 atom stereocenters. The van der Waals surface area contributed by atoms with Crippen LogP contribution in [-0.2, 0) is 0 Å². The van der Waals surface area contributed by atoms with Gasteiger partial charge in [-0.2, -0.15) is 4.39 Å². The lowest BCUT2D eigenvalue weighted by molar-refractivity contribution is 0.157. The molecule has 3 fully saturated rings. The van der Waals surface area contributed by atoms with Gasteiger partial charge in [0.15, 0.2) is 17.2 Å².